The molecule has 98 valence electrons. The lowest BCUT2D eigenvalue weighted by atomic mass is 9.98. The minimum atomic E-state index is 0.572. The van der Waals surface area contributed by atoms with Crippen LogP contribution in [0, 0.1) is 0 Å². The first-order valence-electron chi connectivity index (χ1n) is 6.81. The second kappa shape index (κ2) is 5.41. The molecule has 0 aliphatic carbocycles. The molecule has 1 aromatic carbocycles. The van der Waals surface area contributed by atoms with Crippen LogP contribution in [0.2, 0.25) is 0 Å². The topological polar surface area (TPSA) is 42.1 Å². The molecule has 1 aliphatic heterocycles. The average molecular weight is 253 g/mol. The van der Waals surface area contributed by atoms with Gasteiger partial charge in [0.15, 0.2) is 0 Å². The molecule has 3 heteroatoms. The largest absolute Gasteiger partial charge is 0.366 e. The first-order valence-corrected chi connectivity index (χ1v) is 6.81. The van der Waals surface area contributed by atoms with E-state index < -0.39 is 0 Å². The predicted octanol–water partition coefficient (Wildman–Crippen LogP) is 2.53. The Hall–Kier alpha value is -1.87. The van der Waals surface area contributed by atoms with E-state index in [2.05, 4.69) is 46.3 Å². The van der Waals surface area contributed by atoms with Crippen molar-refractivity contribution < 1.29 is 0 Å². The lowest BCUT2D eigenvalue weighted by Crippen LogP contribution is -2.22. The van der Waals surface area contributed by atoms with Gasteiger partial charge in [-0.15, -0.1) is 0 Å². The number of pyridine rings is 1. The van der Waals surface area contributed by atoms with Crippen LogP contribution in [-0.4, -0.2) is 18.1 Å². The third kappa shape index (κ3) is 2.47. The van der Waals surface area contributed by atoms with Gasteiger partial charge >= 0.3 is 0 Å². The first kappa shape index (κ1) is 12.2. The number of rotatable bonds is 4. The highest BCUT2D eigenvalue weighted by Gasteiger charge is 2.27. The number of nitrogens with two attached hydrogens (primary N) is 1. The Bertz CT molecular complexity index is 539. The quantitative estimate of drug-likeness (QED) is 0.910. The summed E-state index contributed by atoms with van der Waals surface area (Å²) in [5, 5.41) is 0. The molecular weight excluding hydrogens is 234 g/mol. The van der Waals surface area contributed by atoms with Crippen molar-refractivity contribution in [1.29, 1.82) is 0 Å². The molecule has 3 rings (SSSR count). The van der Waals surface area contributed by atoms with Crippen LogP contribution < -0.4 is 10.6 Å². The van der Waals surface area contributed by atoms with Crippen molar-refractivity contribution in [1.82, 2.24) is 4.98 Å². The summed E-state index contributed by atoms with van der Waals surface area (Å²) >= 11 is 0. The van der Waals surface area contributed by atoms with Crippen LogP contribution in [0.3, 0.4) is 0 Å². The number of para-hydroxylation sites is 1. The van der Waals surface area contributed by atoms with Crippen LogP contribution in [0.5, 0.6) is 0 Å². The number of anilines is 1. The molecule has 0 bridgehead atoms. The fraction of sp³-hybridized carbons (Fsp3) is 0.312. The van der Waals surface area contributed by atoms with E-state index in [-0.39, 0.29) is 0 Å². The van der Waals surface area contributed by atoms with Crippen molar-refractivity contribution >= 4 is 5.69 Å². The van der Waals surface area contributed by atoms with Crippen LogP contribution in [0.4, 0.5) is 5.69 Å². The van der Waals surface area contributed by atoms with Crippen molar-refractivity contribution in [2.24, 2.45) is 5.73 Å². The van der Waals surface area contributed by atoms with Crippen molar-refractivity contribution in [3.63, 3.8) is 0 Å². The van der Waals surface area contributed by atoms with Gasteiger partial charge < -0.3 is 10.6 Å². The van der Waals surface area contributed by atoms with Gasteiger partial charge in [-0.05, 0) is 42.3 Å². The molecule has 0 fully saturated rings. The maximum atomic E-state index is 5.74. The third-order valence-corrected chi connectivity index (χ3v) is 3.80. The molecular formula is C16H19N3. The number of nitrogens with zero attached hydrogens (tertiary/aromatic N) is 2. The van der Waals surface area contributed by atoms with E-state index in [9.17, 15) is 0 Å². The van der Waals surface area contributed by atoms with E-state index in [1.54, 1.807) is 0 Å². The van der Waals surface area contributed by atoms with E-state index in [0.717, 1.165) is 26.1 Å². The molecule has 0 saturated heterocycles. The lowest BCUT2D eigenvalue weighted by molar-refractivity contribution is 0.644. The van der Waals surface area contributed by atoms with Crippen molar-refractivity contribution in [3.8, 4) is 0 Å². The molecule has 0 spiro atoms. The minimum absolute atomic E-state index is 0.572. The fourth-order valence-electron chi connectivity index (χ4n) is 2.89. The number of aromatic nitrogens is 1. The molecule has 0 saturated carbocycles. The maximum Gasteiger partial charge on any atom is 0.0430 e. The molecule has 2 aromatic rings. The first-order chi connectivity index (χ1) is 9.38. The zero-order valence-electron chi connectivity index (χ0n) is 11.0. The molecule has 0 amide bonds. The summed E-state index contributed by atoms with van der Waals surface area (Å²) in [5.41, 5.74) is 9.85. The summed E-state index contributed by atoms with van der Waals surface area (Å²) in [7, 11) is 0. The van der Waals surface area contributed by atoms with Gasteiger partial charge in [-0.25, -0.2) is 0 Å². The van der Waals surface area contributed by atoms with Crippen LogP contribution in [-0.2, 0) is 6.54 Å². The monoisotopic (exact) mass is 253 g/mol. The second-order valence-corrected chi connectivity index (χ2v) is 5.07. The molecule has 0 radical (unpaired) electrons. The van der Waals surface area contributed by atoms with Gasteiger partial charge in [0.2, 0.25) is 0 Å². The van der Waals surface area contributed by atoms with Crippen LogP contribution in [0.1, 0.15) is 23.5 Å². The Morgan fingerprint density at radius 2 is 1.95 bits per heavy atom. The Kier molecular flexibility index (Phi) is 3.47. The van der Waals surface area contributed by atoms with Gasteiger partial charge in [-0.3, -0.25) is 4.98 Å². The van der Waals surface area contributed by atoms with Crippen molar-refractivity contribution in [2.45, 2.75) is 18.9 Å². The third-order valence-electron chi connectivity index (χ3n) is 3.80. The van der Waals surface area contributed by atoms with Crippen molar-refractivity contribution in [2.75, 3.05) is 18.0 Å². The van der Waals surface area contributed by atoms with Gasteiger partial charge in [0.1, 0.15) is 0 Å². The molecule has 19 heavy (non-hydrogen) atoms. The van der Waals surface area contributed by atoms with E-state index in [1.807, 2.05) is 12.4 Å². The van der Waals surface area contributed by atoms with E-state index in [4.69, 9.17) is 5.73 Å². The van der Waals surface area contributed by atoms with Crippen LogP contribution in [0.15, 0.2) is 48.8 Å². The van der Waals surface area contributed by atoms with Gasteiger partial charge in [0, 0.05) is 37.1 Å². The van der Waals surface area contributed by atoms with Gasteiger partial charge in [-0.2, -0.15) is 0 Å². The zero-order valence-corrected chi connectivity index (χ0v) is 11.0. The molecule has 2 heterocycles. The summed E-state index contributed by atoms with van der Waals surface area (Å²) in [6.45, 7) is 2.77. The molecule has 1 atom stereocenters. The molecule has 2 N–H and O–H groups in total. The number of hydrogen-bond donors (Lipinski definition) is 1. The number of benzene rings is 1. The highest BCUT2D eigenvalue weighted by molar-refractivity contribution is 5.60. The average Bonchev–Trinajstić information content (AvgIpc) is 2.79. The Labute approximate surface area is 114 Å². The molecule has 1 aromatic heterocycles. The normalized spacial score (nSPS) is 17.5. The Morgan fingerprint density at radius 3 is 2.74 bits per heavy atom. The van der Waals surface area contributed by atoms with E-state index >= 15 is 0 Å². The highest BCUT2D eigenvalue weighted by atomic mass is 15.2. The maximum absolute atomic E-state index is 5.74. The van der Waals surface area contributed by atoms with Gasteiger partial charge in [0.25, 0.3) is 0 Å². The van der Waals surface area contributed by atoms with E-state index in [0.29, 0.717) is 5.92 Å². The number of fused-ring (bicyclic) bond motifs is 1. The lowest BCUT2D eigenvalue weighted by Gasteiger charge is -2.20. The highest BCUT2D eigenvalue weighted by Crippen LogP contribution is 2.38. The molecule has 3 nitrogen and oxygen atoms in total. The SMILES string of the molecule is NCCC1CN(Cc2ccncc2)c2ccccc21. The second-order valence-electron chi connectivity index (χ2n) is 5.07. The standard InChI is InChI=1S/C16H19N3/c17-8-5-14-12-19(11-13-6-9-18-10-7-13)16-4-2-1-3-15(14)16/h1-4,6-7,9-10,14H,5,8,11-12,17H2. The zero-order chi connectivity index (χ0) is 13.1. The van der Waals surface area contributed by atoms with E-state index in [1.165, 1.54) is 16.8 Å². The summed E-state index contributed by atoms with van der Waals surface area (Å²) in [6, 6.07) is 12.9. The summed E-state index contributed by atoms with van der Waals surface area (Å²) in [5.74, 6) is 0.572. The van der Waals surface area contributed by atoms with Gasteiger partial charge in [0.05, 0.1) is 0 Å². The van der Waals surface area contributed by atoms with Crippen LogP contribution >= 0.6 is 0 Å². The fourth-order valence-corrected chi connectivity index (χ4v) is 2.89. The summed E-state index contributed by atoms with van der Waals surface area (Å²) < 4.78 is 0. The van der Waals surface area contributed by atoms with Crippen LogP contribution in [0.25, 0.3) is 0 Å². The number of hydrogen-bond acceptors (Lipinski definition) is 3. The predicted molar refractivity (Wildman–Crippen MR) is 78.1 cm³/mol. The molecule has 1 aliphatic rings. The summed E-state index contributed by atoms with van der Waals surface area (Å²) in [4.78, 5) is 6.52. The van der Waals surface area contributed by atoms with Gasteiger partial charge in [-0.1, -0.05) is 18.2 Å². The Balaban J connectivity index is 1.84. The molecule has 1 unspecified atom stereocenters. The van der Waals surface area contributed by atoms with Crippen molar-refractivity contribution in [3.05, 3.63) is 59.9 Å². The minimum Gasteiger partial charge on any atom is -0.366 e. The summed E-state index contributed by atoms with van der Waals surface area (Å²) in [6.07, 6.45) is 4.77. The Morgan fingerprint density at radius 1 is 1.16 bits per heavy atom. The smallest absolute Gasteiger partial charge is 0.0430 e.